The van der Waals surface area contributed by atoms with E-state index in [0.717, 1.165) is 13.0 Å². The highest BCUT2D eigenvalue weighted by molar-refractivity contribution is 5.77. The van der Waals surface area contributed by atoms with E-state index in [1.54, 1.807) is 7.11 Å². The Labute approximate surface area is 109 Å². The number of carbonyl (C=O) groups is 1. The Morgan fingerprint density at radius 3 is 2.28 bits per heavy atom. The van der Waals surface area contributed by atoms with Gasteiger partial charge in [0.2, 0.25) is 5.91 Å². The fraction of sp³-hybridized carbons (Fsp3) is 0.917. The molecule has 1 N–H and O–H groups in total. The predicted molar refractivity (Wildman–Crippen MR) is 67.6 cm³/mol. The number of rotatable bonds is 13. The molecule has 0 atom stereocenters. The third kappa shape index (κ3) is 13.4. The molecular weight excluding hydrogens is 238 g/mol. The second-order valence-electron chi connectivity index (χ2n) is 3.62. The van der Waals surface area contributed by atoms with Crippen molar-refractivity contribution < 1.29 is 23.7 Å². The largest absolute Gasteiger partial charge is 0.382 e. The second kappa shape index (κ2) is 14.4. The minimum absolute atomic E-state index is 0.0585. The van der Waals surface area contributed by atoms with Gasteiger partial charge in [-0.2, -0.15) is 0 Å². The van der Waals surface area contributed by atoms with Crippen LogP contribution < -0.4 is 5.32 Å². The molecule has 18 heavy (non-hydrogen) atoms. The third-order valence-corrected chi connectivity index (χ3v) is 1.95. The summed E-state index contributed by atoms with van der Waals surface area (Å²) < 4.78 is 20.4. The molecule has 0 aliphatic carbocycles. The van der Waals surface area contributed by atoms with Gasteiger partial charge in [0, 0.05) is 20.3 Å². The molecule has 0 fully saturated rings. The van der Waals surface area contributed by atoms with E-state index in [2.05, 4.69) is 12.2 Å². The average molecular weight is 263 g/mol. The second-order valence-corrected chi connectivity index (χ2v) is 3.62. The van der Waals surface area contributed by atoms with Gasteiger partial charge in [0.15, 0.2) is 0 Å². The molecule has 0 rings (SSSR count). The normalized spacial score (nSPS) is 10.6. The molecule has 0 spiro atoms. The molecule has 0 aliphatic rings. The minimum Gasteiger partial charge on any atom is -0.382 e. The standard InChI is InChI=1S/C12H25NO5/c1-3-5-16-9-10-17-6-4-13-12(14)11-18-8-7-15-2/h3-11H2,1-2H3,(H,13,14). The Kier molecular flexibility index (Phi) is 13.8. The predicted octanol–water partition coefficient (Wildman–Crippen LogP) is 0.209. The topological polar surface area (TPSA) is 66.0 Å². The molecule has 108 valence electrons. The molecule has 0 radical (unpaired) electrons. The molecule has 0 bridgehead atoms. The van der Waals surface area contributed by atoms with E-state index in [4.69, 9.17) is 18.9 Å². The summed E-state index contributed by atoms with van der Waals surface area (Å²) in [5, 5.41) is 2.69. The Bertz CT molecular complexity index is 189. The van der Waals surface area contributed by atoms with Crippen molar-refractivity contribution in [1.29, 1.82) is 0 Å². The number of nitrogens with one attached hydrogen (secondary N) is 1. The minimum atomic E-state index is -0.142. The molecular formula is C12H25NO5. The summed E-state index contributed by atoms with van der Waals surface area (Å²) in [5.74, 6) is -0.142. The van der Waals surface area contributed by atoms with Crippen molar-refractivity contribution in [1.82, 2.24) is 5.32 Å². The zero-order chi connectivity index (χ0) is 13.5. The fourth-order valence-corrected chi connectivity index (χ4v) is 1.09. The van der Waals surface area contributed by atoms with Crippen LogP contribution in [0, 0.1) is 0 Å². The van der Waals surface area contributed by atoms with Crippen molar-refractivity contribution in [3.63, 3.8) is 0 Å². The van der Waals surface area contributed by atoms with Gasteiger partial charge in [-0.05, 0) is 6.42 Å². The van der Waals surface area contributed by atoms with Crippen molar-refractivity contribution >= 4 is 5.91 Å². The van der Waals surface area contributed by atoms with Crippen LogP contribution in [0.5, 0.6) is 0 Å². The molecule has 0 unspecified atom stereocenters. The van der Waals surface area contributed by atoms with Gasteiger partial charge < -0.3 is 24.3 Å². The number of hydrogen-bond donors (Lipinski definition) is 1. The maximum Gasteiger partial charge on any atom is 0.246 e. The quantitative estimate of drug-likeness (QED) is 0.481. The van der Waals surface area contributed by atoms with Gasteiger partial charge in [-0.15, -0.1) is 0 Å². The Morgan fingerprint density at radius 2 is 1.61 bits per heavy atom. The molecule has 6 heteroatoms. The van der Waals surface area contributed by atoms with Gasteiger partial charge in [-0.25, -0.2) is 0 Å². The number of carbonyl (C=O) groups excluding carboxylic acids is 1. The number of amides is 1. The molecule has 0 aromatic carbocycles. The van der Waals surface area contributed by atoms with Crippen LogP contribution in [0.2, 0.25) is 0 Å². The number of methoxy groups -OCH3 is 1. The third-order valence-electron chi connectivity index (χ3n) is 1.95. The van der Waals surface area contributed by atoms with Gasteiger partial charge in [-0.1, -0.05) is 6.92 Å². The smallest absolute Gasteiger partial charge is 0.246 e. The molecule has 0 saturated heterocycles. The Hall–Kier alpha value is -0.690. The summed E-state index contributed by atoms with van der Waals surface area (Å²) in [6.07, 6.45) is 1.01. The van der Waals surface area contributed by atoms with Crippen LogP contribution >= 0.6 is 0 Å². The molecule has 0 aromatic rings. The first-order valence-electron chi connectivity index (χ1n) is 6.30. The van der Waals surface area contributed by atoms with Gasteiger partial charge in [0.25, 0.3) is 0 Å². The van der Waals surface area contributed by atoms with Crippen molar-refractivity contribution in [2.75, 3.05) is 59.9 Å². The SMILES string of the molecule is CCCOCCOCCNC(=O)COCCOC. The van der Waals surface area contributed by atoms with E-state index < -0.39 is 0 Å². The van der Waals surface area contributed by atoms with Crippen LogP contribution in [-0.2, 0) is 23.7 Å². The summed E-state index contributed by atoms with van der Waals surface area (Å²) in [7, 11) is 1.59. The van der Waals surface area contributed by atoms with Gasteiger partial charge in [0.1, 0.15) is 6.61 Å². The highest BCUT2D eigenvalue weighted by atomic mass is 16.5. The molecule has 1 amide bonds. The van der Waals surface area contributed by atoms with Crippen LogP contribution in [0.3, 0.4) is 0 Å². The first-order valence-corrected chi connectivity index (χ1v) is 6.30. The summed E-state index contributed by atoms with van der Waals surface area (Å²) in [6, 6.07) is 0. The zero-order valence-corrected chi connectivity index (χ0v) is 11.4. The van der Waals surface area contributed by atoms with Crippen LogP contribution in [0.25, 0.3) is 0 Å². The average Bonchev–Trinajstić information content (AvgIpc) is 2.38. The first-order chi connectivity index (χ1) is 8.81. The van der Waals surface area contributed by atoms with Crippen LogP contribution in [0.4, 0.5) is 0 Å². The Balaban J connectivity index is 3.10. The maximum atomic E-state index is 11.2. The monoisotopic (exact) mass is 263 g/mol. The summed E-state index contributed by atoms with van der Waals surface area (Å²) in [5.41, 5.74) is 0. The number of ether oxygens (including phenoxy) is 4. The molecule has 0 heterocycles. The van der Waals surface area contributed by atoms with E-state index in [0.29, 0.717) is 39.6 Å². The lowest BCUT2D eigenvalue weighted by Gasteiger charge is -2.07. The molecule has 6 nitrogen and oxygen atoms in total. The summed E-state index contributed by atoms with van der Waals surface area (Å²) in [6.45, 7) is 5.93. The van der Waals surface area contributed by atoms with E-state index in [1.807, 2.05) is 0 Å². The zero-order valence-electron chi connectivity index (χ0n) is 11.4. The summed E-state index contributed by atoms with van der Waals surface area (Å²) >= 11 is 0. The lowest BCUT2D eigenvalue weighted by atomic mass is 10.5. The van der Waals surface area contributed by atoms with Crippen molar-refractivity contribution in [3.8, 4) is 0 Å². The van der Waals surface area contributed by atoms with Crippen molar-refractivity contribution in [2.24, 2.45) is 0 Å². The maximum absolute atomic E-state index is 11.2. The molecule has 0 saturated carbocycles. The van der Waals surface area contributed by atoms with Crippen LogP contribution in [0.1, 0.15) is 13.3 Å². The van der Waals surface area contributed by atoms with Crippen molar-refractivity contribution in [3.05, 3.63) is 0 Å². The Morgan fingerprint density at radius 1 is 0.944 bits per heavy atom. The van der Waals surface area contributed by atoms with E-state index in [9.17, 15) is 4.79 Å². The van der Waals surface area contributed by atoms with E-state index >= 15 is 0 Å². The lowest BCUT2D eigenvalue weighted by Crippen LogP contribution is -2.31. The van der Waals surface area contributed by atoms with Crippen LogP contribution in [-0.4, -0.2) is 65.8 Å². The molecule has 0 aromatic heterocycles. The fourth-order valence-electron chi connectivity index (χ4n) is 1.09. The summed E-state index contributed by atoms with van der Waals surface area (Å²) in [4.78, 5) is 11.2. The van der Waals surface area contributed by atoms with E-state index in [-0.39, 0.29) is 12.5 Å². The van der Waals surface area contributed by atoms with Gasteiger partial charge in [-0.3, -0.25) is 4.79 Å². The van der Waals surface area contributed by atoms with Crippen LogP contribution in [0.15, 0.2) is 0 Å². The first kappa shape index (κ1) is 17.3. The number of hydrogen-bond acceptors (Lipinski definition) is 5. The van der Waals surface area contributed by atoms with E-state index in [1.165, 1.54) is 0 Å². The van der Waals surface area contributed by atoms with Gasteiger partial charge in [0.05, 0.1) is 33.0 Å². The van der Waals surface area contributed by atoms with Crippen molar-refractivity contribution in [2.45, 2.75) is 13.3 Å². The molecule has 0 aliphatic heterocycles. The van der Waals surface area contributed by atoms with Gasteiger partial charge >= 0.3 is 0 Å². The lowest BCUT2D eigenvalue weighted by molar-refractivity contribution is -0.126. The highest BCUT2D eigenvalue weighted by Crippen LogP contribution is 1.82. The highest BCUT2D eigenvalue weighted by Gasteiger charge is 1.99.